The van der Waals surface area contributed by atoms with Crippen LogP contribution in [0, 0.1) is 11.7 Å². The molecule has 0 aliphatic heterocycles. The number of nitrogens with zero attached hydrogens (tertiary/aromatic N) is 1. The molecule has 1 aliphatic carbocycles. The summed E-state index contributed by atoms with van der Waals surface area (Å²) >= 11 is 0. The number of hydrogen-bond acceptors (Lipinski definition) is 4. The summed E-state index contributed by atoms with van der Waals surface area (Å²) in [5.41, 5.74) is 2.63. The zero-order chi connectivity index (χ0) is 16.2. The first-order chi connectivity index (χ1) is 10.4. The molecule has 1 aromatic rings. The third-order valence-electron chi connectivity index (χ3n) is 3.78. The molecule has 5 N–H and O–H groups in total. The zero-order valence-corrected chi connectivity index (χ0v) is 12.0. The topological polar surface area (TPSA) is 85.7 Å². The Labute approximate surface area is 126 Å². The fraction of sp³-hybridized carbons (Fsp3) is 0.500. The molecule has 0 saturated heterocycles. The molecule has 1 aromatic carbocycles. The molecule has 0 radical (unpaired) electrons. The second kappa shape index (κ2) is 6.87. The van der Waals surface area contributed by atoms with E-state index in [9.17, 15) is 13.2 Å². The Morgan fingerprint density at radius 3 is 2.59 bits per heavy atom. The number of hydrazine groups is 1. The van der Waals surface area contributed by atoms with Gasteiger partial charge in [0.25, 0.3) is 0 Å². The molecule has 1 fully saturated rings. The molecule has 8 heteroatoms. The average molecular weight is 316 g/mol. The van der Waals surface area contributed by atoms with Gasteiger partial charge in [-0.15, -0.1) is 0 Å². The normalized spacial score (nSPS) is 19.0. The molecule has 122 valence electrons. The second-order valence-corrected chi connectivity index (χ2v) is 5.38. The van der Waals surface area contributed by atoms with Gasteiger partial charge in [0.05, 0.1) is 6.61 Å². The van der Waals surface area contributed by atoms with Gasteiger partial charge in [-0.2, -0.15) is 5.10 Å². The summed E-state index contributed by atoms with van der Waals surface area (Å²) < 4.78 is 45.5. The van der Waals surface area contributed by atoms with E-state index in [1.165, 1.54) is 12.1 Å². The Morgan fingerprint density at radius 2 is 2.05 bits per heavy atom. The van der Waals surface area contributed by atoms with Crippen molar-refractivity contribution >= 4 is 5.84 Å². The number of nitrogens with one attached hydrogen (secondary N) is 1. The number of nitrogens with two attached hydrogens (primary N) is 2. The Balaban J connectivity index is 1.94. The maximum absolute atomic E-state index is 14.0. The summed E-state index contributed by atoms with van der Waals surface area (Å²) in [7, 11) is 0. The highest BCUT2D eigenvalue weighted by Crippen LogP contribution is 2.36. The van der Waals surface area contributed by atoms with Crippen molar-refractivity contribution in [1.29, 1.82) is 0 Å². The van der Waals surface area contributed by atoms with Crippen molar-refractivity contribution in [2.45, 2.75) is 31.6 Å². The molecule has 1 aliphatic rings. The predicted octanol–water partition coefficient (Wildman–Crippen LogP) is 2.11. The van der Waals surface area contributed by atoms with Crippen molar-refractivity contribution in [2.24, 2.45) is 22.7 Å². The van der Waals surface area contributed by atoms with E-state index >= 15 is 0 Å². The van der Waals surface area contributed by atoms with Gasteiger partial charge in [-0.3, -0.25) is 0 Å². The number of benzene rings is 1. The molecule has 5 nitrogen and oxygen atoms in total. The summed E-state index contributed by atoms with van der Waals surface area (Å²) in [6, 6.07) is 4.18. The van der Waals surface area contributed by atoms with Crippen molar-refractivity contribution in [3.05, 3.63) is 29.6 Å². The minimum atomic E-state index is -2.57. The Hall–Kier alpha value is -1.96. The van der Waals surface area contributed by atoms with Crippen LogP contribution in [0.5, 0.6) is 5.75 Å². The van der Waals surface area contributed by atoms with Crippen LogP contribution < -0.4 is 21.8 Å². The van der Waals surface area contributed by atoms with E-state index in [2.05, 4.69) is 10.5 Å². The first-order valence-corrected chi connectivity index (χ1v) is 7.00. The smallest absolute Gasteiger partial charge is 0.248 e. The van der Waals surface area contributed by atoms with Gasteiger partial charge in [-0.1, -0.05) is 0 Å². The monoisotopic (exact) mass is 316 g/mol. The minimum Gasteiger partial charge on any atom is -0.490 e. The number of ether oxygens (including phenoxy) is 1. The fourth-order valence-corrected chi connectivity index (χ4v) is 2.43. The maximum atomic E-state index is 14.0. The van der Waals surface area contributed by atoms with Crippen LogP contribution in [-0.4, -0.2) is 18.4 Å². The largest absolute Gasteiger partial charge is 0.490 e. The van der Waals surface area contributed by atoms with Crippen LogP contribution in [-0.2, 0) is 0 Å². The number of alkyl halides is 2. The van der Waals surface area contributed by atoms with E-state index in [4.69, 9.17) is 16.4 Å². The molecular formula is C14H19F3N4O. The van der Waals surface area contributed by atoms with Gasteiger partial charge >= 0.3 is 0 Å². The highest BCUT2D eigenvalue weighted by Gasteiger charge is 2.35. The molecule has 2 rings (SSSR count). The molecule has 0 amide bonds. The summed E-state index contributed by atoms with van der Waals surface area (Å²) in [5.74, 6) is 7.38. The number of rotatable bonds is 4. The highest BCUT2D eigenvalue weighted by atomic mass is 19.3. The minimum absolute atomic E-state index is 0.0191. The fourth-order valence-electron chi connectivity index (χ4n) is 2.43. The van der Waals surface area contributed by atoms with E-state index in [0.717, 1.165) is 0 Å². The van der Waals surface area contributed by atoms with Crippen LogP contribution in [0.3, 0.4) is 0 Å². The summed E-state index contributed by atoms with van der Waals surface area (Å²) in [5, 5.41) is 3.38. The average Bonchev–Trinajstić information content (AvgIpc) is 2.49. The molecule has 0 spiro atoms. The molecule has 0 unspecified atom stereocenters. The molecule has 22 heavy (non-hydrogen) atoms. The molecule has 0 bridgehead atoms. The van der Waals surface area contributed by atoms with Crippen molar-refractivity contribution in [3.63, 3.8) is 0 Å². The molecule has 1 saturated carbocycles. The van der Waals surface area contributed by atoms with Crippen molar-refractivity contribution in [2.75, 3.05) is 6.61 Å². The summed E-state index contributed by atoms with van der Waals surface area (Å²) in [4.78, 5) is 0. The lowest BCUT2D eigenvalue weighted by Gasteiger charge is -2.28. The first-order valence-electron chi connectivity index (χ1n) is 7.00. The summed E-state index contributed by atoms with van der Waals surface area (Å²) in [6.07, 6.45) is 0.490. The molecular weight excluding hydrogens is 297 g/mol. The van der Waals surface area contributed by atoms with E-state index < -0.39 is 11.7 Å². The Bertz CT molecular complexity index is 541. The third kappa shape index (κ3) is 4.03. The van der Waals surface area contributed by atoms with Crippen LogP contribution in [0.2, 0.25) is 0 Å². The van der Waals surface area contributed by atoms with Crippen molar-refractivity contribution in [1.82, 2.24) is 5.43 Å². The van der Waals surface area contributed by atoms with E-state index in [1.807, 2.05) is 0 Å². The van der Waals surface area contributed by atoms with E-state index in [1.54, 1.807) is 6.07 Å². The van der Waals surface area contributed by atoms with Gasteiger partial charge in [-0.05, 0) is 37.0 Å². The Kier molecular flexibility index (Phi) is 5.12. The van der Waals surface area contributed by atoms with Gasteiger partial charge in [0.15, 0.2) is 17.4 Å². The lowest BCUT2D eigenvalue weighted by atomic mass is 9.87. The number of hydrazone groups is 1. The van der Waals surface area contributed by atoms with E-state index in [0.29, 0.717) is 18.4 Å². The third-order valence-corrected chi connectivity index (χ3v) is 3.78. The van der Waals surface area contributed by atoms with Gasteiger partial charge in [0.2, 0.25) is 5.92 Å². The van der Waals surface area contributed by atoms with E-state index in [-0.39, 0.29) is 37.0 Å². The second-order valence-electron chi connectivity index (χ2n) is 5.38. The number of amidine groups is 1. The Morgan fingerprint density at radius 1 is 1.36 bits per heavy atom. The van der Waals surface area contributed by atoms with Gasteiger partial charge in [-0.25, -0.2) is 19.0 Å². The van der Waals surface area contributed by atoms with Crippen molar-refractivity contribution in [3.8, 4) is 5.75 Å². The van der Waals surface area contributed by atoms with Crippen LogP contribution in [0.15, 0.2) is 23.3 Å². The standard InChI is InChI=1S/C14H19F3N4O/c15-11-7-10(13(20-18)21-19)1-2-12(11)22-8-9-3-5-14(16,17)6-4-9/h1-2,7,9H,3-6,8,18-19H2,(H,20,21). The van der Waals surface area contributed by atoms with Crippen LogP contribution >= 0.6 is 0 Å². The molecule has 0 aromatic heterocycles. The molecule has 0 heterocycles. The highest BCUT2D eigenvalue weighted by molar-refractivity contribution is 5.98. The zero-order valence-electron chi connectivity index (χ0n) is 12.0. The summed E-state index contributed by atoms with van der Waals surface area (Å²) in [6.45, 7) is 0.222. The van der Waals surface area contributed by atoms with Crippen LogP contribution in [0.1, 0.15) is 31.2 Å². The lowest BCUT2D eigenvalue weighted by Crippen LogP contribution is -2.32. The number of halogens is 3. The maximum Gasteiger partial charge on any atom is 0.248 e. The SMILES string of the molecule is N/N=C(\NN)c1ccc(OCC2CCC(F)(F)CC2)c(F)c1. The molecule has 0 atom stereocenters. The first kappa shape index (κ1) is 16.4. The lowest BCUT2D eigenvalue weighted by molar-refractivity contribution is -0.0499. The van der Waals surface area contributed by atoms with Gasteiger partial charge < -0.3 is 16.0 Å². The van der Waals surface area contributed by atoms with Gasteiger partial charge in [0.1, 0.15) is 0 Å². The quantitative estimate of drug-likeness (QED) is 0.344. The van der Waals surface area contributed by atoms with Crippen molar-refractivity contribution < 1.29 is 17.9 Å². The predicted molar refractivity (Wildman–Crippen MR) is 76.8 cm³/mol. The van der Waals surface area contributed by atoms with Crippen LogP contribution in [0.25, 0.3) is 0 Å². The van der Waals surface area contributed by atoms with Gasteiger partial charge in [0, 0.05) is 18.4 Å². The van der Waals surface area contributed by atoms with Crippen LogP contribution in [0.4, 0.5) is 13.2 Å². The number of hydrogen-bond donors (Lipinski definition) is 3.